The number of carbonyl (C=O) groups is 2. The van der Waals surface area contributed by atoms with E-state index < -0.39 is 10.8 Å². The number of aromatic nitrogens is 1. The summed E-state index contributed by atoms with van der Waals surface area (Å²) in [6.45, 7) is 13.0. The van der Waals surface area contributed by atoms with E-state index in [9.17, 15) is 9.59 Å². The zero-order valence-corrected chi connectivity index (χ0v) is 16.6. The maximum absolute atomic E-state index is 12.3. The highest BCUT2D eigenvalue weighted by Crippen LogP contribution is 2.24. The van der Waals surface area contributed by atoms with Crippen molar-refractivity contribution < 1.29 is 14.3 Å². The van der Waals surface area contributed by atoms with Crippen LogP contribution < -0.4 is 10.6 Å². The van der Waals surface area contributed by atoms with E-state index in [1.54, 1.807) is 19.4 Å². The zero-order chi connectivity index (χ0) is 19.4. The quantitative estimate of drug-likeness (QED) is 0.850. The van der Waals surface area contributed by atoms with Crippen LogP contribution in [0.2, 0.25) is 0 Å². The van der Waals surface area contributed by atoms with Gasteiger partial charge in [-0.3, -0.25) is 9.59 Å². The molecule has 6 nitrogen and oxygen atoms in total. The van der Waals surface area contributed by atoms with Crippen LogP contribution in [-0.2, 0) is 20.7 Å². The first kappa shape index (κ1) is 21.1. The number of pyridine rings is 1. The standard InChI is InChI=1S/C19H31N3O3/c1-12(25-8)9-13-10-15(22-17(24)19(5,6)7)20-11-14(13)21-16(23)18(2,3)4/h10-12H,9H2,1-8H3,(H,21,23)(H,20,22,24). The maximum atomic E-state index is 12.3. The first-order valence-corrected chi connectivity index (χ1v) is 8.49. The highest BCUT2D eigenvalue weighted by atomic mass is 16.5. The Hall–Kier alpha value is -1.95. The maximum Gasteiger partial charge on any atom is 0.230 e. The van der Waals surface area contributed by atoms with Crippen molar-refractivity contribution in [3.05, 3.63) is 17.8 Å². The van der Waals surface area contributed by atoms with Crippen molar-refractivity contribution >= 4 is 23.3 Å². The van der Waals surface area contributed by atoms with Gasteiger partial charge in [0, 0.05) is 24.4 Å². The molecule has 0 spiro atoms. The molecule has 0 saturated heterocycles. The molecule has 1 heterocycles. The Labute approximate surface area is 150 Å². The van der Waals surface area contributed by atoms with E-state index >= 15 is 0 Å². The molecule has 1 atom stereocenters. The molecule has 0 aliphatic carbocycles. The second-order valence-electron chi connectivity index (χ2n) is 8.39. The summed E-state index contributed by atoms with van der Waals surface area (Å²) >= 11 is 0. The van der Waals surface area contributed by atoms with Crippen LogP contribution >= 0.6 is 0 Å². The van der Waals surface area contributed by atoms with E-state index in [2.05, 4.69) is 15.6 Å². The molecule has 2 N–H and O–H groups in total. The smallest absolute Gasteiger partial charge is 0.230 e. The number of amides is 2. The number of ether oxygens (including phenoxy) is 1. The van der Waals surface area contributed by atoms with Crippen molar-refractivity contribution in [3.8, 4) is 0 Å². The third-order valence-electron chi connectivity index (χ3n) is 3.75. The predicted octanol–water partition coefficient (Wildman–Crippen LogP) is 3.63. The average Bonchev–Trinajstić information content (AvgIpc) is 2.47. The largest absolute Gasteiger partial charge is 0.381 e. The molecular formula is C19H31N3O3. The van der Waals surface area contributed by atoms with Gasteiger partial charge in [-0.05, 0) is 18.6 Å². The minimum atomic E-state index is -0.513. The molecule has 25 heavy (non-hydrogen) atoms. The van der Waals surface area contributed by atoms with Crippen molar-refractivity contribution in [3.63, 3.8) is 0 Å². The van der Waals surface area contributed by atoms with Crippen LogP contribution in [0, 0.1) is 10.8 Å². The fourth-order valence-corrected chi connectivity index (χ4v) is 1.85. The molecule has 6 heteroatoms. The lowest BCUT2D eigenvalue weighted by atomic mass is 9.95. The van der Waals surface area contributed by atoms with E-state index in [0.29, 0.717) is 17.9 Å². The van der Waals surface area contributed by atoms with Crippen LogP contribution in [0.25, 0.3) is 0 Å². The van der Waals surface area contributed by atoms with Crippen molar-refractivity contribution in [1.29, 1.82) is 0 Å². The minimum Gasteiger partial charge on any atom is -0.381 e. The zero-order valence-electron chi connectivity index (χ0n) is 16.6. The second kappa shape index (κ2) is 7.95. The Kier molecular flexibility index (Phi) is 6.71. The molecule has 2 amide bonds. The van der Waals surface area contributed by atoms with Crippen molar-refractivity contribution in [2.45, 2.75) is 61.0 Å². The number of rotatable bonds is 5. The molecule has 1 rings (SSSR count). The molecule has 1 aromatic rings. The Bertz CT molecular complexity index is 628. The first-order valence-electron chi connectivity index (χ1n) is 8.49. The number of methoxy groups -OCH3 is 1. The van der Waals surface area contributed by atoms with Gasteiger partial charge in [-0.2, -0.15) is 0 Å². The van der Waals surface area contributed by atoms with Crippen molar-refractivity contribution in [2.24, 2.45) is 10.8 Å². The Morgan fingerprint density at radius 1 is 1.08 bits per heavy atom. The molecule has 0 bridgehead atoms. The van der Waals surface area contributed by atoms with Gasteiger partial charge in [-0.25, -0.2) is 4.98 Å². The van der Waals surface area contributed by atoms with Crippen molar-refractivity contribution in [2.75, 3.05) is 17.7 Å². The van der Waals surface area contributed by atoms with E-state index in [-0.39, 0.29) is 17.9 Å². The number of hydrogen-bond donors (Lipinski definition) is 2. The van der Waals surface area contributed by atoms with Crippen LogP contribution in [0.5, 0.6) is 0 Å². The molecule has 140 valence electrons. The van der Waals surface area contributed by atoms with Gasteiger partial charge in [0.2, 0.25) is 11.8 Å². The molecule has 0 aliphatic rings. The number of anilines is 2. The summed E-state index contributed by atoms with van der Waals surface area (Å²) in [5, 5.41) is 5.74. The molecule has 0 aromatic carbocycles. The van der Waals surface area contributed by atoms with Crippen LogP contribution in [0.3, 0.4) is 0 Å². The summed E-state index contributed by atoms with van der Waals surface area (Å²) in [6, 6.07) is 1.79. The summed E-state index contributed by atoms with van der Waals surface area (Å²) < 4.78 is 5.34. The lowest BCUT2D eigenvalue weighted by Gasteiger charge is -2.21. The summed E-state index contributed by atoms with van der Waals surface area (Å²) in [4.78, 5) is 28.7. The van der Waals surface area contributed by atoms with Crippen LogP contribution in [0.4, 0.5) is 11.5 Å². The van der Waals surface area contributed by atoms with E-state index in [1.165, 1.54) is 0 Å². The summed E-state index contributed by atoms with van der Waals surface area (Å²) in [7, 11) is 1.64. The van der Waals surface area contributed by atoms with Crippen LogP contribution in [0.1, 0.15) is 54.0 Å². The average molecular weight is 349 g/mol. The van der Waals surface area contributed by atoms with Crippen LogP contribution in [0.15, 0.2) is 12.3 Å². The predicted molar refractivity (Wildman–Crippen MR) is 101 cm³/mol. The fraction of sp³-hybridized carbons (Fsp3) is 0.632. The topological polar surface area (TPSA) is 80.3 Å². The van der Waals surface area contributed by atoms with Crippen molar-refractivity contribution in [1.82, 2.24) is 4.98 Å². The summed E-state index contributed by atoms with van der Waals surface area (Å²) in [5.41, 5.74) is 0.480. The minimum absolute atomic E-state index is 0.0288. The van der Waals surface area contributed by atoms with Gasteiger partial charge in [0.05, 0.1) is 18.0 Å². The van der Waals surface area contributed by atoms with Gasteiger partial charge in [0.1, 0.15) is 5.82 Å². The Morgan fingerprint density at radius 3 is 2.08 bits per heavy atom. The molecule has 0 saturated carbocycles. The highest BCUT2D eigenvalue weighted by Gasteiger charge is 2.24. The molecular weight excluding hydrogens is 318 g/mol. The Balaban J connectivity index is 3.12. The fourth-order valence-electron chi connectivity index (χ4n) is 1.85. The van der Waals surface area contributed by atoms with Crippen LogP contribution in [-0.4, -0.2) is 30.0 Å². The van der Waals surface area contributed by atoms with E-state index in [0.717, 1.165) is 5.56 Å². The monoisotopic (exact) mass is 349 g/mol. The Morgan fingerprint density at radius 2 is 1.60 bits per heavy atom. The van der Waals surface area contributed by atoms with E-state index in [1.807, 2.05) is 48.5 Å². The lowest BCUT2D eigenvalue weighted by molar-refractivity contribution is -0.123. The molecule has 0 aliphatic heterocycles. The lowest BCUT2D eigenvalue weighted by Crippen LogP contribution is -2.29. The number of carbonyl (C=O) groups excluding carboxylic acids is 2. The highest BCUT2D eigenvalue weighted by molar-refractivity contribution is 5.96. The SMILES string of the molecule is COC(C)Cc1cc(NC(=O)C(C)(C)C)ncc1NC(=O)C(C)(C)C. The number of hydrogen-bond acceptors (Lipinski definition) is 4. The third kappa shape index (κ3) is 6.46. The van der Waals surface area contributed by atoms with Gasteiger partial charge < -0.3 is 15.4 Å². The third-order valence-corrected chi connectivity index (χ3v) is 3.75. The van der Waals surface area contributed by atoms with Gasteiger partial charge in [0.25, 0.3) is 0 Å². The molecule has 1 unspecified atom stereocenters. The number of nitrogens with zero attached hydrogens (tertiary/aromatic N) is 1. The summed E-state index contributed by atoms with van der Waals surface area (Å²) in [6.07, 6.45) is 2.15. The molecule has 0 fully saturated rings. The second-order valence-corrected chi connectivity index (χ2v) is 8.39. The normalized spacial score (nSPS) is 13.3. The van der Waals surface area contributed by atoms with Gasteiger partial charge in [0.15, 0.2) is 0 Å². The van der Waals surface area contributed by atoms with Gasteiger partial charge in [-0.15, -0.1) is 0 Å². The van der Waals surface area contributed by atoms with E-state index in [4.69, 9.17) is 4.74 Å². The van der Waals surface area contributed by atoms with Gasteiger partial charge in [-0.1, -0.05) is 41.5 Å². The molecule has 0 radical (unpaired) electrons. The first-order chi connectivity index (χ1) is 11.3. The number of nitrogens with one attached hydrogen (secondary N) is 2. The molecule has 1 aromatic heterocycles. The van der Waals surface area contributed by atoms with Gasteiger partial charge >= 0.3 is 0 Å². The summed E-state index contributed by atoms with van der Waals surface area (Å²) in [5.74, 6) is 0.260.